The fourth-order valence-electron chi connectivity index (χ4n) is 4.89. The van der Waals surface area contributed by atoms with Gasteiger partial charge in [0.15, 0.2) is 0 Å². The summed E-state index contributed by atoms with van der Waals surface area (Å²) in [6, 6.07) is -0.644. The van der Waals surface area contributed by atoms with Gasteiger partial charge in [0, 0.05) is 6.42 Å². The van der Waals surface area contributed by atoms with Crippen LogP contribution in [0.1, 0.15) is 155 Å². The van der Waals surface area contributed by atoms with Crippen molar-refractivity contribution in [3.63, 3.8) is 0 Å². The van der Waals surface area contributed by atoms with Crippen LogP contribution in [-0.4, -0.2) is 34.9 Å². The molecule has 44 heavy (non-hydrogen) atoms. The molecule has 0 aliphatic heterocycles. The summed E-state index contributed by atoms with van der Waals surface area (Å²) >= 11 is 0. The smallest absolute Gasteiger partial charge is 0.220 e. The molecular weight excluding hydrogens is 542 g/mol. The minimum Gasteiger partial charge on any atom is -0.394 e. The average Bonchev–Trinajstić information content (AvgIpc) is 3.03. The second-order valence-corrected chi connectivity index (χ2v) is 11.9. The van der Waals surface area contributed by atoms with Gasteiger partial charge in [0.2, 0.25) is 5.91 Å². The molecular formula is C40H69NO3. The van der Waals surface area contributed by atoms with Crippen LogP contribution in [0.5, 0.6) is 0 Å². The third kappa shape index (κ3) is 31.3. The Bertz CT molecular complexity index is 792. The first-order valence-corrected chi connectivity index (χ1v) is 18.2. The number of unbranched alkanes of at least 4 members (excludes halogenated alkanes) is 14. The van der Waals surface area contributed by atoms with Gasteiger partial charge in [0.25, 0.3) is 0 Å². The van der Waals surface area contributed by atoms with Crippen molar-refractivity contribution in [3.8, 4) is 0 Å². The molecule has 0 saturated heterocycles. The largest absolute Gasteiger partial charge is 0.394 e. The molecule has 0 fully saturated rings. The molecule has 4 heteroatoms. The van der Waals surface area contributed by atoms with E-state index in [0.29, 0.717) is 6.42 Å². The van der Waals surface area contributed by atoms with Crippen LogP contribution in [0, 0.1) is 0 Å². The summed E-state index contributed by atoms with van der Waals surface area (Å²) in [6.45, 7) is 4.13. The van der Waals surface area contributed by atoms with Gasteiger partial charge in [0.05, 0.1) is 18.8 Å². The number of aliphatic hydroxyl groups excluding tert-OH is 2. The Kier molecular flexibility index (Phi) is 33.6. The summed E-state index contributed by atoms with van der Waals surface area (Å²) in [5, 5.41) is 22.8. The van der Waals surface area contributed by atoms with Gasteiger partial charge >= 0.3 is 0 Å². The van der Waals surface area contributed by atoms with Gasteiger partial charge in [-0.05, 0) is 70.6 Å². The minimum atomic E-state index is -0.866. The first kappa shape index (κ1) is 41.8. The molecule has 0 rings (SSSR count). The normalized spacial score (nSPS) is 14.0. The summed E-state index contributed by atoms with van der Waals surface area (Å²) in [4.78, 5) is 12.3. The molecule has 2 atom stereocenters. The van der Waals surface area contributed by atoms with E-state index in [1.54, 1.807) is 6.08 Å². The monoisotopic (exact) mass is 612 g/mol. The van der Waals surface area contributed by atoms with Crippen molar-refractivity contribution in [2.45, 2.75) is 167 Å². The Morgan fingerprint density at radius 1 is 0.568 bits per heavy atom. The van der Waals surface area contributed by atoms with Crippen LogP contribution < -0.4 is 5.32 Å². The SMILES string of the molecule is CC/C=C\C/C=C\C/C=C\C/C=C\CCCCCCCCCCC(=O)NC(CO)C(O)/C=C/CC/C=C/CCCCCCC. The lowest BCUT2D eigenvalue weighted by atomic mass is 10.1. The first-order valence-electron chi connectivity index (χ1n) is 18.2. The summed E-state index contributed by atoms with van der Waals surface area (Å²) in [6.07, 6.45) is 49.8. The number of nitrogens with one attached hydrogen (secondary N) is 1. The molecule has 4 nitrogen and oxygen atoms in total. The Morgan fingerprint density at radius 2 is 1.02 bits per heavy atom. The van der Waals surface area contributed by atoms with E-state index in [9.17, 15) is 15.0 Å². The van der Waals surface area contributed by atoms with Gasteiger partial charge < -0.3 is 15.5 Å². The van der Waals surface area contributed by atoms with Crippen molar-refractivity contribution >= 4 is 5.91 Å². The third-order valence-corrected chi connectivity index (χ3v) is 7.67. The number of amides is 1. The molecule has 0 saturated carbocycles. The zero-order chi connectivity index (χ0) is 32.2. The number of hydrogen-bond acceptors (Lipinski definition) is 3. The topological polar surface area (TPSA) is 69.6 Å². The molecule has 3 N–H and O–H groups in total. The predicted molar refractivity (Wildman–Crippen MR) is 193 cm³/mol. The van der Waals surface area contributed by atoms with Crippen LogP contribution in [0.2, 0.25) is 0 Å². The summed E-state index contributed by atoms with van der Waals surface area (Å²) in [7, 11) is 0. The molecule has 0 aliphatic rings. The molecule has 0 spiro atoms. The van der Waals surface area contributed by atoms with Crippen molar-refractivity contribution in [1.82, 2.24) is 5.32 Å². The standard InChI is InChI=1S/C40H69NO3/c1-3-5-7-9-11-13-15-16-17-18-19-20-21-22-23-24-26-28-30-32-34-36-40(44)41-38(37-42)39(43)35-33-31-29-27-25-14-12-10-8-6-4-2/h5,7,11,13,16-17,19-20,25,27,33,35,38-39,42-43H,3-4,6,8-10,12,14-15,18,21-24,26,28-32,34,36-37H2,1-2H3,(H,41,44)/b7-5-,13-11-,17-16-,20-19-,27-25+,35-33+. The molecule has 0 bridgehead atoms. The molecule has 252 valence electrons. The second-order valence-electron chi connectivity index (χ2n) is 11.9. The van der Waals surface area contributed by atoms with Gasteiger partial charge in [-0.1, -0.05) is 151 Å². The number of rotatable bonds is 31. The maximum absolute atomic E-state index is 12.3. The lowest BCUT2D eigenvalue weighted by Crippen LogP contribution is -2.45. The van der Waals surface area contributed by atoms with Gasteiger partial charge in [-0.25, -0.2) is 0 Å². The van der Waals surface area contributed by atoms with E-state index >= 15 is 0 Å². The summed E-state index contributed by atoms with van der Waals surface area (Å²) in [5.41, 5.74) is 0. The molecule has 2 unspecified atom stereocenters. The number of allylic oxidation sites excluding steroid dienone is 11. The highest BCUT2D eigenvalue weighted by molar-refractivity contribution is 5.76. The molecule has 0 aromatic carbocycles. The van der Waals surface area contributed by atoms with Crippen molar-refractivity contribution in [2.75, 3.05) is 6.61 Å². The minimum absolute atomic E-state index is 0.0887. The fourth-order valence-corrected chi connectivity index (χ4v) is 4.89. The van der Waals surface area contributed by atoms with Gasteiger partial charge in [0.1, 0.15) is 0 Å². The highest BCUT2D eigenvalue weighted by atomic mass is 16.3. The maximum Gasteiger partial charge on any atom is 0.220 e. The number of carbonyl (C=O) groups excluding carboxylic acids is 1. The molecule has 0 radical (unpaired) electrons. The van der Waals surface area contributed by atoms with Gasteiger partial charge in [-0.3, -0.25) is 4.79 Å². The number of aliphatic hydroxyl groups is 2. The highest BCUT2D eigenvalue weighted by Gasteiger charge is 2.17. The molecule has 0 heterocycles. The number of hydrogen-bond donors (Lipinski definition) is 3. The molecule has 1 amide bonds. The Labute approximate surface area is 272 Å². The van der Waals surface area contributed by atoms with Crippen LogP contribution in [0.25, 0.3) is 0 Å². The van der Waals surface area contributed by atoms with Crippen molar-refractivity contribution in [1.29, 1.82) is 0 Å². The second kappa shape index (κ2) is 35.3. The van der Waals surface area contributed by atoms with E-state index in [1.165, 1.54) is 70.6 Å². The maximum atomic E-state index is 12.3. The highest BCUT2D eigenvalue weighted by Crippen LogP contribution is 2.11. The van der Waals surface area contributed by atoms with Crippen molar-refractivity contribution < 1.29 is 15.0 Å². The quantitative estimate of drug-likeness (QED) is 0.0539. The molecule has 0 aliphatic carbocycles. The van der Waals surface area contributed by atoms with Crippen LogP contribution in [0.4, 0.5) is 0 Å². The van der Waals surface area contributed by atoms with Crippen molar-refractivity contribution in [2.24, 2.45) is 0 Å². The Balaban J connectivity index is 3.68. The Morgan fingerprint density at radius 3 is 1.59 bits per heavy atom. The molecule has 0 aromatic heterocycles. The lowest BCUT2D eigenvalue weighted by Gasteiger charge is -2.19. The van der Waals surface area contributed by atoms with E-state index in [4.69, 9.17) is 0 Å². The zero-order valence-corrected chi connectivity index (χ0v) is 28.6. The average molecular weight is 612 g/mol. The van der Waals surface area contributed by atoms with Crippen LogP contribution in [-0.2, 0) is 4.79 Å². The lowest BCUT2D eigenvalue weighted by molar-refractivity contribution is -0.123. The molecule has 0 aromatic rings. The summed E-state index contributed by atoms with van der Waals surface area (Å²) < 4.78 is 0. The van der Waals surface area contributed by atoms with Gasteiger partial charge in [-0.2, -0.15) is 0 Å². The Hall–Kier alpha value is -2.17. The first-order chi connectivity index (χ1) is 21.7. The van der Waals surface area contributed by atoms with Crippen LogP contribution in [0.15, 0.2) is 72.9 Å². The van der Waals surface area contributed by atoms with E-state index in [1.807, 2.05) is 6.08 Å². The third-order valence-electron chi connectivity index (χ3n) is 7.67. The van der Waals surface area contributed by atoms with Crippen molar-refractivity contribution in [3.05, 3.63) is 72.9 Å². The van der Waals surface area contributed by atoms with E-state index in [2.05, 4.69) is 79.9 Å². The predicted octanol–water partition coefficient (Wildman–Crippen LogP) is 10.8. The van der Waals surface area contributed by atoms with Crippen LogP contribution >= 0.6 is 0 Å². The van der Waals surface area contributed by atoms with Crippen LogP contribution in [0.3, 0.4) is 0 Å². The summed E-state index contributed by atoms with van der Waals surface area (Å²) in [5.74, 6) is -0.0887. The zero-order valence-electron chi connectivity index (χ0n) is 28.6. The van der Waals surface area contributed by atoms with E-state index < -0.39 is 12.1 Å². The van der Waals surface area contributed by atoms with E-state index in [-0.39, 0.29) is 12.5 Å². The number of carbonyl (C=O) groups is 1. The van der Waals surface area contributed by atoms with E-state index in [0.717, 1.165) is 64.2 Å². The van der Waals surface area contributed by atoms with Gasteiger partial charge in [-0.15, -0.1) is 0 Å². The fraction of sp³-hybridized carbons (Fsp3) is 0.675.